The molecule has 0 unspecified atom stereocenters. The third-order valence-corrected chi connectivity index (χ3v) is 3.29. The lowest BCUT2D eigenvalue weighted by molar-refractivity contribution is 0.0529. The monoisotopic (exact) mass is 259 g/mol. The van der Waals surface area contributed by atoms with E-state index in [1.807, 2.05) is 0 Å². The number of hydrogen-bond donors (Lipinski definition) is 2. The van der Waals surface area contributed by atoms with E-state index in [-0.39, 0.29) is 5.84 Å². The summed E-state index contributed by atoms with van der Waals surface area (Å²) in [6, 6.07) is 0.538. The van der Waals surface area contributed by atoms with Crippen molar-refractivity contribution in [2.75, 3.05) is 40.0 Å². The second-order valence-corrected chi connectivity index (χ2v) is 4.61. The Hall–Kier alpha value is -0.850. The van der Waals surface area contributed by atoms with Gasteiger partial charge in [-0.15, -0.1) is 0 Å². The van der Waals surface area contributed by atoms with E-state index in [0.717, 1.165) is 6.54 Å². The first-order chi connectivity index (χ1) is 8.77. The summed E-state index contributed by atoms with van der Waals surface area (Å²) in [5.41, 5.74) is 5.59. The van der Waals surface area contributed by atoms with Gasteiger partial charge in [0.05, 0.1) is 26.4 Å². The van der Waals surface area contributed by atoms with Gasteiger partial charge in [0, 0.05) is 19.7 Å². The number of ether oxygens (including phenoxy) is 2. The van der Waals surface area contributed by atoms with Gasteiger partial charge in [0.1, 0.15) is 0 Å². The first-order valence-corrected chi connectivity index (χ1v) is 6.55. The summed E-state index contributed by atoms with van der Waals surface area (Å²) in [4.78, 5) is 2.24. The molecule has 0 aliphatic heterocycles. The SMILES string of the molecule is COCCOCCN(CC(N)=NO)C1CCCC1. The van der Waals surface area contributed by atoms with E-state index in [4.69, 9.17) is 20.4 Å². The largest absolute Gasteiger partial charge is 0.409 e. The fourth-order valence-corrected chi connectivity index (χ4v) is 2.33. The van der Waals surface area contributed by atoms with Gasteiger partial charge in [0.15, 0.2) is 5.84 Å². The Bertz CT molecular complexity index is 243. The molecule has 0 aromatic rings. The van der Waals surface area contributed by atoms with E-state index in [1.165, 1.54) is 25.7 Å². The van der Waals surface area contributed by atoms with E-state index in [0.29, 0.717) is 32.4 Å². The molecule has 1 rings (SSSR count). The van der Waals surface area contributed by atoms with Crippen LogP contribution in [0.5, 0.6) is 0 Å². The van der Waals surface area contributed by atoms with E-state index in [1.54, 1.807) is 7.11 Å². The minimum Gasteiger partial charge on any atom is -0.409 e. The third-order valence-electron chi connectivity index (χ3n) is 3.29. The number of nitrogens with two attached hydrogens (primary N) is 1. The molecule has 1 saturated carbocycles. The minimum atomic E-state index is 0.263. The maximum absolute atomic E-state index is 8.66. The van der Waals surface area contributed by atoms with Crippen LogP contribution in [0, 0.1) is 0 Å². The van der Waals surface area contributed by atoms with Crippen LogP contribution in [0.4, 0.5) is 0 Å². The Morgan fingerprint density at radius 2 is 2.06 bits per heavy atom. The number of nitrogens with zero attached hydrogens (tertiary/aromatic N) is 2. The first kappa shape index (κ1) is 15.2. The van der Waals surface area contributed by atoms with Crippen molar-refractivity contribution >= 4 is 5.84 Å². The Kier molecular flexibility index (Phi) is 7.71. The molecule has 0 aromatic heterocycles. The van der Waals surface area contributed by atoms with Crippen LogP contribution in [-0.2, 0) is 9.47 Å². The molecule has 18 heavy (non-hydrogen) atoms. The zero-order chi connectivity index (χ0) is 13.2. The third kappa shape index (κ3) is 5.66. The molecule has 0 bridgehead atoms. The van der Waals surface area contributed by atoms with Gasteiger partial charge in [-0.25, -0.2) is 0 Å². The smallest absolute Gasteiger partial charge is 0.153 e. The van der Waals surface area contributed by atoms with Crippen LogP contribution < -0.4 is 5.73 Å². The molecule has 0 radical (unpaired) electrons. The fraction of sp³-hybridized carbons (Fsp3) is 0.917. The van der Waals surface area contributed by atoms with Crippen LogP contribution in [0.2, 0.25) is 0 Å². The van der Waals surface area contributed by atoms with Gasteiger partial charge in [-0.3, -0.25) is 4.90 Å². The van der Waals surface area contributed by atoms with Crippen LogP contribution in [0.15, 0.2) is 5.16 Å². The second kappa shape index (κ2) is 9.13. The predicted molar refractivity (Wildman–Crippen MR) is 69.9 cm³/mol. The van der Waals surface area contributed by atoms with Crippen molar-refractivity contribution in [3.05, 3.63) is 0 Å². The van der Waals surface area contributed by atoms with Crippen LogP contribution in [-0.4, -0.2) is 62.0 Å². The van der Waals surface area contributed by atoms with E-state index >= 15 is 0 Å². The van der Waals surface area contributed by atoms with Gasteiger partial charge < -0.3 is 20.4 Å². The highest BCUT2D eigenvalue weighted by Crippen LogP contribution is 2.23. The van der Waals surface area contributed by atoms with Gasteiger partial charge in [-0.05, 0) is 12.8 Å². The molecule has 1 aliphatic rings. The van der Waals surface area contributed by atoms with Crippen molar-refractivity contribution in [2.24, 2.45) is 10.9 Å². The molecular weight excluding hydrogens is 234 g/mol. The van der Waals surface area contributed by atoms with Gasteiger partial charge in [0.25, 0.3) is 0 Å². The van der Waals surface area contributed by atoms with Crippen LogP contribution in [0.3, 0.4) is 0 Å². The standard InChI is InChI=1S/C12H25N3O3/c1-17-8-9-18-7-6-15(10-12(13)14-16)11-4-2-3-5-11/h11,16H,2-10H2,1H3,(H2,13,14). The molecule has 3 N–H and O–H groups in total. The summed E-state index contributed by atoms with van der Waals surface area (Å²) in [5.74, 6) is 0.263. The van der Waals surface area contributed by atoms with Crippen molar-refractivity contribution in [1.29, 1.82) is 0 Å². The Balaban J connectivity index is 2.29. The van der Waals surface area contributed by atoms with E-state index in [9.17, 15) is 0 Å². The normalized spacial score (nSPS) is 17.8. The average molecular weight is 259 g/mol. The maximum atomic E-state index is 8.66. The minimum absolute atomic E-state index is 0.263. The molecule has 6 nitrogen and oxygen atoms in total. The second-order valence-electron chi connectivity index (χ2n) is 4.61. The zero-order valence-electron chi connectivity index (χ0n) is 11.2. The number of oxime groups is 1. The molecule has 6 heteroatoms. The number of rotatable bonds is 9. The highest BCUT2D eigenvalue weighted by Gasteiger charge is 2.22. The highest BCUT2D eigenvalue weighted by atomic mass is 16.5. The quantitative estimate of drug-likeness (QED) is 0.209. The fourth-order valence-electron chi connectivity index (χ4n) is 2.33. The molecule has 0 heterocycles. The topological polar surface area (TPSA) is 80.3 Å². The molecule has 0 aromatic carbocycles. The summed E-state index contributed by atoms with van der Waals surface area (Å²) in [6.07, 6.45) is 4.91. The molecule has 1 aliphatic carbocycles. The Labute approximate surface area is 109 Å². The molecule has 0 atom stereocenters. The van der Waals surface area contributed by atoms with Crippen molar-refractivity contribution in [2.45, 2.75) is 31.7 Å². The first-order valence-electron chi connectivity index (χ1n) is 6.55. The van der Waals surface area contributed by atoms with Crippen molar-refractivity contribution in [3.63, 3.8) is 0 Å². The van der Waals surface area contributed by atoms with Crippen LogP contribution in [0.25, 0.3) is 0 Å². The summed E-state index contributed by atoms with van der Waals surface area (Å²) in [6.45, 7) is 3.19. The molecule has 106 valence electrons. The predicted octanol–water partition coefficient (Wildman–Crippen LogP) is 0.640. The van der Waals surface area contributed by atoms with E-state index in [2.05, 4.69) is 10.1 Å². The van der Waals surface area contributed by atoms with Crippen molar-refractivity contribution in [1.82, 2.24) is 4.90 Å². The number of hydrogen-bond acceptors (Lipinski definition) is 5. The highest BCUT2D eigenvalue weighted by molar-refractivity contribution is 5.81. The lowest BCUT2D eigenvalue weighted by Gasteiger charge is -2.27. The van der Waals surface area contributed by atoms with Gasteiger partial charge >= 0.3 is 0 Å². The van der Waals surface area contributed by atoms with Gasteiger partial charge in [-0.1, -0.05) is 18.0 Å². The Morgan fingerprint density at radius 3 is 2.67 bits per heavy atom. The van der Waals surface area contributed by atoms with E-state index < -0.39 is 0 Å². The average Bonchev–Trinajstić information content (AvgIpc) is 2.90. The van der Waals surface area contributed by atoms with Gasteiger partial charge in [0.2, 0.25) is 0 Å². The summed E-state index contributed by atoms with van der Waals surface area (Å²) in [5, 5.41) is 11.7. The van der Waals surface area contributed by atoms with Crippen molar-refractivity contribution in [3.8, 4) is 0 Å². The molecule has 1 fully saturated rings. The van der Waals surface area contributed by atoms with Gasteiger partial charge in [-0.2, -0.15) is 0 Å². The molecular formula is C12H25N3O3. The zero-order valence-corrected chi connectivity index (χ0v) is 11.2. The summed E-state index contributed by atoms with van der Waals surface area (Å²) >= 11 is 0. The molecule has 0 amide bonds. The maximum Gasteiger partial charge on any atom is 0.153 e. The molecule has 0 spiro atoms. The number of amidine groups is 1. The van der Waals surface area contributed by atoms with Crippen LogP contribution >= 0.6 is 0 Å². The lowest BCUT2D eigenvalue weighted by atomic mass is 10.2. The lowest BCUT2D eigenvalue weighted by Crippen LogP contribution is -2.42. The van der Waals surface area contributed by atoms with Crippen molar-refractivity contribution < 1.29 is 14.7 Å². The summed E-state index contributed by atoms with van der Waals surface area (Å²) in [7, 11) is 1.66. The van der Waals surface area contributed by atoms with Crippen LogP contribution in [0.1, 0.15) is 25.7 Å². The summed E-state index contributed by atoms with van der Waals surface area (Å²) < 4.78 is 10.4. The number of methoxy groups -OCH3 is 1. The Morgan fingerprint density at radius 1 is 1.33 bits per heavy atom. The molecule has 0 saturated heterocycles.